The zero-order chi connectivity index (χ0) is 11.3. The Morgan fingerprint density at radius 2 is 1.31 bits per heavy atom. The van der Waals surface area contributed by atoms with Gasteiger partial charge >= 0.3 is 0 Å². The van der Waals surface area contributed by atoms with Crippen LogP contribution in [-0.2, 0) is 4.79 Å². The lowest BCUT2D eigenvalue weighted by atomic mass is 10.6. The fourth-order valence-corrected chi connectivity index (χ4v) is 0.250. The van der Waals surface area contributed by atoms with Gasteiger partial charge < -0.3 is 10.1 Å². The molecule has 0 amide bonds. The summed E-state index contributed by atoms with van der Waals surface area (Å²) in [6.45, 7) is 9.44. The molecular formula is C8H18Cl3NO. The average Bonchev–Trinajstić information content (AvgIpc) is 1.86. The van der Waals surface area contributed by atoms with E-state index in [2.05, 4.69) is 19.2 Å². The Morgan fingerprint density at radius 1 is 1.15 bits per heavy atom. The van der Waals surface area contributed by atoms with Gasteiger partial charge in [0.2, 0.25) is 0 Å². The molecule has 0 aliphatic carbocycles. The van der Waals surface area contributed by atoms with Gasteiger partial charge in [0.1, 0.15) is 5.78 Å². The van der Waals surface area contributed by atoms with E-state index in [4.69, 9.17) is 34.8 Å². The van der Waals surface area contributed by atoms with Crippen LogP contribution in [0.1, 0.15) is 27.7 Å². The monoisotopic (exact) mass is 249 g/mol. The van der Waals surface area contributed by atoms with Crippen LogP contribution < -0.4 is 5.32 Å². The smallest absolute Gasteiger partial charge is 0.180 e. The minimum atomic E-state index is -0.750. The van der Waals surface area contributed by atoms with E-state index in [1.807, 2.05) is 0 Å². The summed E-state index contributed by atoms with van der Waals surface area (Å²) in [4.78, 5) is 9.44. The van der Waals surface area contributed by atoms with Gasteiger partial charge in [-0.3, -0.25) is 0 Å². The Labute approximate surface area is 95.9 Å². The molecule has 0 saturated heterocycles. The Morgan fingerprint density at radius 3 is 1.31 bits per heavy atom. The number of nitrogens with one attached hydrogen (secondary N) is 1. The van der Waals surface area contributed by atoms with Crippen molar-refractivity contribution in [1.82, 2.24) is 5.32 Å². The predicted molar refractivity (Wildman–Crippen MR) is 61.9 cm³/mol. The van der Waals surface area contributed by atoms with Crippen molar-refractivity contribution in [3.63, 3.8) is 0 Å². The highest BCUT2D eigenvalue weighted by molar-refractivity contribution is 6.63. The van der Waals surface area contributed by atoms with Crippen molar-refractivity contribution in [2.24, 2.45) is 0 Å². The van der Waals surface area contributed by atoms with Gasteiger partial charge in [-0.1, -0.05) is 48.7 Å². The van der Waals surface area contributed by atoms with Crippen molar-refractivity contribution in [3.05, 3.63) is 0 Å². The fraction of sp³-hybridized carbons (Fsp3) is 0.875. The highest BCUT2D eigenvalue weighted by atomic mass is 35.6. The average molecular weight is 251 g/mol. The molecular weight excluding hydrogens is 232 g/mol. The third-order valence-corrected chi connectivity index (χ3v) is 0.500. The summed E-state index contributed by atoms with van der Waals surface area (Å²) in [5.41, 5.74) is 0. The van der Waals surface area contributed by atoms with Gasteiger partial charge in [-0.2, -0.15) is 0 Å². The predicted octanol–water partition coefficient (Wildman–Crippen LogP) is 3.20. The second-order valence-electron chi connectivity index (χ2n) is 2.11. The third kappa shape index (κ3) is 220. The lowest BCUT2D eigenvalue weighted by Gasteiger charge is -1.86. The zero-order valence-electron chi connectivity index (χ0n) is 8.53. The molecule has 0 bridgehead atoms. The maximum absolute atomic E-state index is 9.44. The summed E-state index contributed by atoms with van der Waals surface area (Å²) in [6.07, 6.45) is 0. The number of halogens is 3. The second kappa shape index (κ2) is 18.3. The number of Topliss-reactive ketones (excluding diaryl/α,β-unsaturated/α-hetero) is 1. The molecule has 2 nitrogen and oxygen atoms in total. The fourth-order valence-electron chi connectivity index (χ4n) is 0.250. The first kappa shape index (κ1) is 19.1. The van der Waals surface area contributed by atoms with Crippen molar-refractivity contribution in [2.45, 2.75) is 32.0 Å². The number of hydrogen-bond acceptors (Lipinski definition) is 2. The number of carbonyl (C=O) groups is 1. The SMILES string of the molecule is CC(C)=O.CCNCC.ClC(Cl)Cl. The number of alkyl halides is 3. The summed E-state index contributed by atoms with van der Waals surface area (Å²) in [7, 11) is 0. The van der Waals surface area contributed by atoms with Gasteiger partial charge in [-0.25, -0.2) is 0 Å². The molecule has 0 heterocycles. The molecule has 82 valence electrons. The molecule has 0 spiro atoms. The molecule has 0 aromatic heterocycles. The Hall–Kier alpha value is 0.500. The number of rotatable bonds is 2. The minimum Gasteiger partial charge on any atom is -0.317 e. The van der Waals surface area contributed by atoms with E-state index in [1.54, 1.807) is 0 Å². The lowest BCUT2D eigenvalue weighted by Crippen LogP contribution is -2.09. The van der Waals surface area contributed by atoms with Crippen molar-refractivity contribution in [1.29, 1.82) is 0 Å². The van der Waals surface area contributed by atoms with E-state index >= 15 is 0 Å². The van der Waals surface area contributed by atoms with Gasteiger partial charge in [-0.15, -0.1) is 0 Å². The van der Waals surface area contributed by atoms with E-state index in [1.165, 1.54) is 13.8 Å². The lowest BCUT2D eigenvalue weighted by molar-refractivity contribution is -0.114. The topological polar surface area (TPSA) is 29.1 Å². The van der Waals surface area contributed by atoms with Gasteiger partial charge in [0, 0.05) is 0 Å². The van der Waals surface area contributed by atoms with Crippen LogP contribution in [0.25, 0.3) is 0 Å². The molecule has 0 aliphatic heterocycles. The molecule has 1 N–H and O–H groups in total. The van der Waals surface area contributed by atoms with E-state index in [-0.39, 0.29) is 5.78 Å². The number of carbonyl (C=O) groups excluding carboxylic acids is 1. The van der Waals surface area contributed by atoms with Crippen LogP contribution in [0.4, 0.5) is 0 Å². The summed E-state index contributed by atoms with van der Waals surface area (Å²) in [6, 6.07) is 0. The molecule has 13 heavy (non-hydrogen) atoms. The van der Waals surface area contributed by atoms with Crippen molar-refractivity contribution < 1.29 is 4.79 Å². The number of ketones is 1. The number of hydrogen-bond donors (Lipinski definition) is 1. The van der Waals surface area contributed by atoms with Gasteiger partial charge in [-0.05, 0) is 26.9 Å². The van der Waals surface area contributed by atoms with Crippen LogP contribution in [0.2, 0.25) is 0 Å². The summed E-state index contributed by atoms with van der Waals surface area (Å²) in [5.74, 6) is 0.167. The molecule has 0 aliphatic rings. The largest absolute Gasteiger partial charge is 0.317 e. The molecule has 0 aromatic rings. The van der Waals surface area contributed by atoms with Crippen LogP contribution in [0.15, 0.2) is 0 Å². The highest BCUT2D eigenvalue weighted by Crippen LogP contribution is 2.03. The van der Waals surface area contributed by atoms with Crippen LogP contribution in [0.5, 0.6) is 0 Å². The summed E-state index contributed by atoms with van der Waals surface area (Å²) >= 11 is 14.4. The normalized spacial score (nSPS) is 8.00. The van der Waals surface area contributed by atoms with E-state index in [0.29, 0.717) is 0 Å². The molecule has 0 radical (unpaired) electrons. The molecule has 0 rings (SSSR count). The van der Waals surface area contributed by atoms with Crippen molar-refractivity contribution in [3.8, 4) is 0 Å². The maximum atomic E-state index is 9.44. The third-order valence-electron chi connectivity index (χ3n) is 0.500. The van der Waals surface area contributed by atoms with Gasteiger partial charge in [0.25, 0.3) is 0 Å². The summed E-state index contributed by atoms with van der Waals surface area (Å²) in [5, 5.41) is 3.11. The van der Waals surface area contributed by atoms with Gasteiger partial charge in [0.05, 0.1) is 0 Å². The van der Waals surface area contributed by atoms with Crippen LogP contribution in [-0.4, -0.2) is 23.2 Å². The van der Waals surface area contributed by atoms with Gasteiger partial charge in [0.15, 0.2) is 4.30 Å². The van der Waals surface area contributed by atoms with Crippen LogP contribution in [0.3, 0.4) is 0 Å². The van der Waals surface area contributed by atoms with E-state index in [9.17, 15) is 4.79 Å². The quantitative estimate of drug-likeness (QED) is 0.763. The molecule has 0 saturated carbocycles. The summed E-state index contributed by atoms with van der Waals surface area (Å²) < 4.78 is -0.750. The first-order chi connectivity index (χ1) is 5.88. The zero-order valence-corrected chi connectivity index (χ0v) is 10.8. The van der Waals surface area contributed by atoms with Crippen LogP contribution in [0, 0.1) is 0 Å². The first-order valence-corrected chi connectivity index (χ1v) is 5.29. The Balaban J connectivity index is -0.000000117. The van der Waals surface area contributed by atoms with E-state index < -0.39 is 4.30 Å². The first-order valence-electron chi connectivity index (χ1n) is 3.98. The van der Waals surface area contributed by atoms with Crippen molar-refractivity contribution >= 4 is 40.6 Å². The molecule has 0 atom stereocenters. The van der Waals surface area contributed by atoms with Crippen LogP contribution >= 0.6 is 34.8 Å². The highest BCUT2D eigenvalue weighted by Gasteiger charge is 1.78. The minimum absolute atomic E-state index is 0.167. The Kier molecular flexibility index (Phi) is 27.0. The molecule has 5 heteroatoms. The Bertz CT molecular complexity index is 90.6. The van der Waals surface area contributed by atoms with E-state index in [0.717, 1.165) is 13.1 Å². The standard InChI is InChI=1S/C4H11N.C3H6O.CHCl3/c1-3-5-4-2;1-3(2)4;2-1(3)4/h5H,3-4H2,1-2H3;1-2H3;1H. The maximum Gasteiger partial charge on any atom is 0.180 e. The second-order valence-corrected chi connectivity index (χ2v) is 4.09. The van der Waals surface area contributed by atoms with Crippen molar-refractivity contribution in [2.75, 3.05) is 13.1 Å². The molecule has 0 aromatic carbocycles. The molecule has 0 fully saturated rings. The molecule has 0 unspecified atom stereocenters.